The van der Waals surface area contributed by atoms with Gasteiger partial charge < -0.3 is 9.64 Å². The summed E-state index contributed by atoms with van der Waals surface area (Å²) >= 11 is 0. The van der Waals surface area contributed by atoms with E-state index in [0.29, 0.717) is 5.56 Å². The maximum Gasteiger partial charge on any atom is 0.338 e. The van der Waals surface area contributed by atoms with Crippen LogP contribution in [0.1, 0.15) is 35.3 Å². The summed E-state index contributed by atoms with van der Waals surface area (Å²) in [7, 11) is 5.49. The number of nitrogens with zero attached hydrogens (tertiary/aromatic N) is 1. The highest BCUT2D eigenvalue weighted by Gasteiger charge is 2.24. The second-order valence-corrected chi connectivity index (χ2v) is 4.97. The van der Waals surface area contributed by atoms with E-state index in [0.717, 1.165) is 5.56 Å². The molecule has 1 aromatic carbocycles. The summed E-state index contributed by atoms with van der Waals surface area (Å²) in [6.45, 7) is 6.24. The molecular weight excluding hydrogens is 214 g/mol. The molecule has 0 heterocycles. The van der Waals surface area contributed by atoms with E-state index in [1.165, 1.54) is 12.7 Å². The van der Waals surface area contributed by atoms with Crippen LogP contribution in [0.15, 0.2) is 18.2 Å². The average Bonchev–Trinajstić information content (AvgIpc) is 2.27. The van der Waals surface area contributed by atoms with Gasteiger partial charge >= 0.3 is 5.97 Å². The Morgan fingerprint density at radius 3 is 2.29 bits per heavy atom. The maximum atomic E-state index is 11.5. The molecule has 0 unspecified atom stereocenters. The molecule has 1 rings (SSSR count). The molecule has 3 heteroatoms. The van der Waals surface area contributed by atoms with Crippen LogP contribution < -0.4 is 0 Å². The number of aryl methyl sites for hydroxylation is 1. The van der Waals surface area contributed by atoms with Crippen molar-refractivity contribution in [2.24, 2.45) is 0 Å². The topological polar surface area (TPSA) is 29.5 Å². The van der Waals surface area contributed by atoms with Crippen molar-refractivity contribution in [1.82, 2.24) is 4.90 Å². The Balaban J connectivity index is 3.17. The van der Waals surface area contributed by atoms with Gasteiger partial charge in [0.2, 0.25) is 0 Å². The third kappa shape index (κ3) is 2.67. The zero-order valence-electron chi connectivity index (χ0n) is 11.5. The Morgan fingerprint density at radius 1 is 1.29 bits per heavy atom. The predicted molar refractivity (Wildman–Crippen MR) is 69.2 cm³/mol. The molecule has 0 saturated carbocycles. The molecule has 0 atom stereocenters. The van der Waals surface area contributed by atoms with Crippen molar-refractivity contribution >= 4 is 5.97 Å². The third-order valence-electron chi connectivity index (χ3n) is 3.46. The first-order valence-electron chi connectivity index (χ1n) is 5.67. The average molecular weight is 235 g/mol. The number of benzene rings is 1. The van der Waals surface area contributed by atoms with Gasteiger partial charge in [0.25, 0.3) is 0 Å². The summed E-state index contributed by atoms with van der Waals surface area (Å²) in [4.78, 5) is 13.6. The van der Waals surface area contributed by atoms with E-state index >= 15 is 0 Å². The van der Waals surface area contributed by atoms with E-state index in [9.17, 15) is 4.79 Å². The van der Waals surface area contributed by atoms with Crippen molar-refractivity contribution in [1.29, 1.82) is 0 Å². The lowest BCUT2D eigenvalue weighted by Crippen LogP contribution is -2.35. The molecule has 0 radical (unpaired) electrons. The Morgan fingerprint density at radius 2 is 1.88 bits per heavy atom. The summed E-state index contributed by atoms with van der Waals surface area (Å²) in [5, 5.41) is 0. The minimum Gasteiger partial charge on any atom is -0.465 e. The van der Waals surface area contributed by atoms with Crippen LogP contribution in [0.5, 0.6) is 0 Å². The smallest absolute Gasteiger partial charge is 0.338 e. The highest BCUT2D eigenvalue weighted by atomic mass is 16.5. The van der Waals surface area contributed by atoms with Gasteiger partial charge in [0.15, 0.2) is 0 Å². The zero-order chi connectivity index (χ0) is 13.2. The number of esters is 1. The maximum absolute atomic E-state index is 11.5. The van der Waals surface area contributed by atoms with Crippen molar-refractivity contribution in [3.63, 3.8) is 0 Å². The lowest BCUT2D eigenvalue weighted by Gasteiger charge is -2.33. The van der Waals surface area contributed by atoms with Gasteiger partial charge in [0, 0.05) is 5.54 Å². The van der Waals surface area contributed by atoms with E-state index < -0.39 is 0 Å². The van der Waals surface area contributed by atoms with Gasteiger partial charge in [0.1, 0.15) is 0 Å². The highest BCUT2D eigenvalue weighted by molar-refractivity contribution is 5.91. The second-order valence-electron chi connectivity index (χ2n) is 4.97. The van der Waals surface area contributed by atoms with Crippen LogP contribution in [0, 0.1) is 6.92 Å². The largest absolute Gasteiger partial charge is 0.465 e. The molecule has 0 N–H and O–H groups in total. The van der Waals surface area contributed by atoms with E-state index in [-0.39, 0.29) is 11.5 Å². The fourth-order valence-electron chi connectivity index (χ4n) is 1.64. The normalized spacial score (nSPS) is 11.7. The Hall–Kier alpha value is -1.35. The summed E-state index contributed by atoms with van der Waals surface area (Å²) in [5.74, 6) is -0.281. The van der Waals surface area contributed by atoms with Crippen molar-refractivity contribution in [3.05, 3.63) is 34.9 Å². The predicted octanol–water partition coefficient (Wildman–Crippen LogP) is 2.58. The molecule has 0 aromatic heterocycles. The summed E-state index contributed by atoms with van der Waals surface area (Å²) in [5.41, 5.74) is 2.71. The molecule has 1 aromatic rings. The molecule has 94 valence electrons. The van der Waals surface area contributed by atoms with Crippen LogP contribution in [-0.4, -0.2) is 32.1 Å². The molecule has 17 heavy (non-hydrogen) atoms. The number of hydrogen-bond acceptors (Lipinski definition) is 3. The SMILES string of the molecule is COC(=O)c1ccc(C(C)(C)N(C)C)cc1C. The summed E-state index contributed by atoms with van der Waals surface area (Å²) < 4.78 is 4.74. The fourth-order valence-corrected chi connectivity index (χ4v) is 1.64. The minimum absolute atomic E-state index is 0.0561. The molecule has 0 fully saturated rings. The molecule has 0 aliphatic heterocycles. The monoisotopic (exact) mass is 235 g/mol. The number of ether oxygens (including phenoxy) is 1. The fraction of sp³-hybridized carbons (Fsp3) is 0.500. The van der Waals surface area contributed by atoms with Crippen LogP contribution in [0.2, 0.25) is 0 Å². The molecule has 0 saturated heterocycles. The second kappa shape index (κ2) is 4.88. The highest BCUT2D eigenvalue weighted by Crippen LogP contribution is 2.27. The van der Waals surface area contributed by atoms with Crippen molar-refractivity contribution in [3.8, 4) is 0 Å². The third-order valence-corrected chi connectivity index (χ3v) is 3.46. The van der Waals surface area contributed by atoms with Crippen LogP contribution in [0.25, 0.3) is 0 Å². The number of rotatable bonds is 3. The number of methoxy groups -OCH3 is 1. The van der Waals surface area contributed by atoms with Gasteiger partial charge in [-0.25, -0.2) is 4.79 Å². The van der Waals surface area contributed by atoms with Crippen molar-refractivity contribution in [2.45, 2.75) is 26.3 Å². The summed E-state index contributed by atoms with van der Waals surface area (Å²) in [6, 6.07) is 5.87. The van der Waals surface area contributed by atoms with Crippen molar-refractivity contribution in [2.75, 3.05) is 21.2 Å². The summed E-state index contributed by atoms with van der Waals surface area (Å²) in [6.07, 6.45) is 0. The molecule has 0 amide bonds. The molecule has 0 aliphatic carbocycles. The van der Waals surface area contributed by atoms with Gasteiger partial charge in [-0.2, -0.15) is 0 Å². The quantitative estimate of drug-likeness (QED) is 0.754. The molecule has 0 bridgehead atoms. The van der Waals surface area contributed by atoms with Crippen LogP contribution >= 0.6 is 0 Å². The lowest BCUT2D eigenvalue weighted by molar-refractivity contribution is 0.0599. The van der Waals surface area contributed by atoms with Gasteiger partial charge in [0.05, 0.1) is 12.7 Å². The molecule has 3 nitrogen and oxygen atoms in total. The Labute approximate surface area is 103 Å². The van der Waals surface area contributed by atoms with Crippen LogP contribution in [0.4, 0.5) is 0 Å². The zero-order valence-corrected chi connectivity index (χ0v) is 11.5. The van der Waals surface area contributed by atoms with Crippen molar-refractivity contribution < 1.29 is 9.53 Å². The van der Waals surface area contributed by atoms with E-state index in [1.807, 2.05) is 39.2 Å². The first-order valence-corrected chi connectivity index (χ1v) is 5.67. The Kier molecular flexibility index (Phi) is 3.94. The Bertz CT molecular complexity index is 422. The van der Waals surface area contributed by atoms with E-state index in [1.54, 1.807) is 0 Å². The van der Waals surface area contributed by atoms with Gasteiger partial charge in [-0.3, -0.25) is 0 Å². The number of hydrogen-bond donors (Lipinski definition) is 0. The van der Waals surface area contributed by atoms with Gasteiger partial charge in [-0.05, 0) is 52.1 Å². The lowest BCUT2D eigenvalue weighted by atomic mass is 9.90. The van der Waals surface area contributed by atoms with E-state index in [2.05, 4.69) is 18.7 Å². The molecule has 0 aliphatic rings. The van der Waals surface area contributed by atoms with E-state index in [4.69, 9.17) is 4.74 Å². The van der Waals surface area contributed by atoms with Crippen LogP contribution in [-0.2, 0) is 10.3 Å². The molecular formula is C14H21NO2. The first-order chi connectivity index (χ1) is 7.80. The standard InChI is InChI=1S/C14H21NO2/c1-10-9-11(14(2,3)15(4)5)7-8-12(10)13(16)17-6/h7-9H,1-6H3. The minimum atomic E-state index is -0.281. The molecule has 0 spiro atoms. The van der Waals surface area contributed by atoms with Crippen LogP contribution in [0.3, 0.4) is 0 Å². The van der Waals surface area contributed by atoms with Gasteiger partial charge in [-0.15, -0.1) is 0 Å². The number of carbonyl (C=O) groups is 1. The first kappa shape index (κ1) is 13.7. The van der Waals surface area contributed by atoms with Gasteiger partial charge in [-0.1, -0.05) is 12.1 Å². The number of carbonyl (C=O) groups excluding carboxylic acids is 1.